The van der Waals surface area contributed by atoms with Crippen LogP contribution in [0.4, 0.5) is 16.3 Å². The molecule has 25 heavy (non-hydrogen) atoms. The number of anilines is 2. The Labute approximate surface area is 147 Å². The molecule has 10 heteroatoms. The molecule has 0 bridgehead atoms. The van der Waals surface area contributed by atoms with E-state index in [-0.39, 0.29) is 29.6 Å². The van der Waals surface area contributed by atoms with E-state index in [2.05, 4.69) is 20.6 Å². The van der Waals surface area contributed by atoms with E-state index in [4.69, 9.17) is 26.7 Å². The fourth-order valence-electron chi connectivity index (χ4n) is 1.68. The van der Waals surface area contributed by atoms with E-state index in [1.54, 1.807) is 6.07 Å². The zero-order valence-corrected chi connectivity index (χ0v) is 13.6. The second-order valence-electron chi connectivity index (χ2n) is 4.77. The molecule has 0 aliphatic rings. The predicted molar refractivity (Wildman–Crippen MR) is 89.4 cm³/mol. The lowest BCUT2D eigenvalue weighted by molar-refractivity contribution is 0.0538. The molecule has 0 aliphatic heterocycles. The molecular formula is C15H14ClN5O4. The number of aliphatic hydroxyl groups is 2. The molecule has 2 amide bonds. The first-order valence-electron chi connectivity index (χ1n) is 7.03. The molecule has 1 heterocycles. The quantitative estimate of drug-likeness (QED) is 0.607. The number of carbonyl (C=O) groups is 1. The normalized spacial score (nSPS) is 11.3. The van der Waals surface area contributed by atoms with E-state index >= 15 is 0 Å². The number of urea groups is 1. The van der Waals surface area contributed by atoms with Crippen molar-refractivity contribution >= 4 is 29.1 Å². The van der Waals surface area contributed by atoms with Crippen molar-refractivity contribution in [1.82, 2.24) is 9.97 Å². The molecule has 0 saturated heterocycles. The first kappa shape index (κ1) is 18.4. The van der Waals surface area contributed by atoms with Crippen molar-refractivity contribution in [3.05, 3.63) is 41.3 Å². The van der Waals surface area contributed by atoms with Gasteiger partial charge in [-0.2, -0.15) is 5.26 Å². The van der Waals surface area contributed by atoms with E-state index in [9.17, 15) is 9.90 Å². The summed E-state index contributed by atoms with van der Waals surface area (Å²) in [6.45, 7) is -0.607. The van der Waals surface area contributed by atoms with Gasteiger partial charge in [-0.25, -0.2) is 14.8 Å². The Balaban J connectivity index is 2.05. The van der Waals surface area contributed by atoms with Crippen LogP contribution in [0.25, 0.3) is 0 Å². The lowest BCUT2D eigenvalue weighted by atomic mass is 10.3. The van der Waals surface area contributed by atoms with Crippen LogP contribution < -0.4 is 15.4 Å². The van der Waals surface area contributed by atoms with Crippen molar-refractivity contribution in [2.24, 2.45) is 0 Å². The molecule has 0 aliphatic carbocycles. The first-order valence-corrected chi connectivity index (χ1v) is 7.41. The minimum atomic E-state index is -1.05. The average molecular weight is 364 g/mol. The zero-order chi connectivity index (χ0) is 18.2. The number of rotatable bonds is 6. The number of hydrogen-bond acceptors (Lipinski definition) is 7. The molecule has 0 radical (unpaired) electrons. The molecule has 2 aromatic rings. The van der Waals surface area contributed by atoms with Crippen LogP contribution in [-0.2, 0) is 0 Å². The number of halogens is 1. The summed E-state index contributed by atoms with van der Waals surface area (Å²) in [7, 11) is 0. The zero-order valence-electron chi connectivity index (χ0n) is 12.8. The fraction of sp³-hybridized carbons (Fsp3) is 0.200. The Kier molecular flexibility index (Phi) is 6.47. The Bertz CT molecular complexity index is 778. The predicted octanol–water partition coefficient (Wildman–Crippen LogP) is 1.38. The van der Waals surface area contributed by atoms with Gasteiger partial charge in [0.2, 0.25) is 0 Å². The lowest BCUT2D eigenvalue weighted by Crippen LogP contribution is -2.23. The van der Waals surface area contributed by atoms with E-state index in [0.717, 1.165) is 0 Å². The van der Waals surface area contributed by atoms with E-state index in [1.807, 2.05) is 6.07 Å². The molecule has 0 saturated carbocycles. The van der Waals surface area contributed by atoms with Crippen LogP contribution in [0.3, 0.4) is 0 Å². The number of nitriles is 1. The van der Waals surface area contributed by atoms with Crippen molar-refractivity contribution in [3.63, 3.8) is 0 Å². The van der Waals surface area contributed by atoms with Gasteiger partial charge in [0.1, 0.15) is 24.5 Å². The summed E-state index contributed by atoms with van der Waals surface area (Å²) in [6, 6.07) is 5.72. The smallest absolute Gasteiger partial charge is 0.325 e. The van der Waals surface area contributed by atoms with E-state index in [0.29, 0.717) is 5.02 Å². The molecule has 0 fully saturated rings. The summed E-state index contributed by atoms with van der Waals surface area (Å²) in [5.41, 5.74) is 0.385. The monoisotopic (exact) mass is 363 g/mol. The molecule has 1 aromatic carbocycles. The maximum Gasteiger partial charge on any atom is 0.325 e. The van der Waals surface area contributed by atoms with Crippen LogP contribution in [0.2, 0.25) is 5.02 Å². The molecule has 130 valence electrons. The Morgan fingerprint density at radius 3 is 2.80 bits per heavy atom. The summed E-state index contributed by atoms with van der Waals surface area (Å²) in [5, 5.41) is 32.2. The maximum absolute atomic E-state index is 12.1. The fourth-order valence-corrected chi connectivity index (χ4v) is 1.86. The molecule has 4 N–H and O–H groups in total. The van der Waals surface area contributed by atoms with Gasteiger partial charge >= 0.3 is 6.03 Å². The third-order valence-corrected chi connectivity index (χ3v) is 3.07. The van der Waals surface area contributed by atoms with Crippen molar-refractivity contribution in [1.29, 1.82) is 5.26 Å². The molecule has 0 unspecified atom stereocenters. The average Bonchev–Trinajstić information content (AvgIpc) is 2.61. The SMILES string of the molecule is N#Cc1cnc(NC(=O)Nc2cc(Cl)ccc2OC[C@@H](O)CO)cn1. The van der Waals surface area contributed by atoms with Crippen molar-refractivity contribution in [2.45, 2.75) is 6.10 Å². The highest BCUT2D eigenvalue weighted by atomic mass is 35.5. The summed E-state index contributed by atoms with van der Waals surface area (Å²) >= 11 is 5.91. The number of nitrogens with one attached hydrogen (secondary N) is 2. The van der Waals surface area contributed by atoms with Gasteiger partial charge < -0.3 is 20.3 Å². The van der Waals surface area contributed by atoms with Crippen LogP contribution in [0.5, 0.6) is 5.75 Å². The van der Waals surface area contributed by atoms with Gasteiger partial charge in [0.05, 0.1) is 24.7 Å². The molecule has 1 atom stereocenters. The summed E-state index contributed by atoms with van der Waals surface area (Å²) in [4.78, 5) is 19.7. The van der Waals surface area contributed by atoms with Crippen LogP contribution in [0.15, 0.2) is 30.6 Å². The summed E-state index contributed by atoms with van der Waals surface area (Å²) < 4.78 is 5.35. The Morgan fingerprint density at radius 1 is 1.36 bits per heavy atom. The van der Waals surface area contributed by atoms with E-state index < -0.39 is 18.7 Å². The Hall–Kier alpha value is -2.93. The molecular weight excluding hydrogens is 350 g/mol. The minimum absolute atomic E-state index is 0.124. The highest BCUT2D eigenvalue weighted by Crippen LogP contribution is 2.28. The van der Waals surface area contributed by atoms with E-state index in [1.165, 1.54) is 24.5 Å². The first-order chi connectivity index (χ1) is 12.0. The maximum atomic E-state index is 12.1. The van der Waals surface area contributed by atoms with Gasteiger partial charge in [0, 0.05) is 5.02 Å². The van der Waals surface area contributed by atoms with Gasteiger partial charge in [-0.15, -0.1) is 0 Å². The number of nitrogens with zero attached hydrogens (tertiary/aromatic N) is 3. The van der Waals surface area contributed by atoms with Crippen molar-refractivity contribution < 1.29 is 19.7 Å². The molecule has 1 aromatic heterocycles. The molecule has 0 spiro atoms. The van der Waals surface area contributed by atoms with Crippen LogP contribution in [-0.4, -0.2) is 45.5 Å². The second-order valence-corrected chi connectivity index (χ2v) is 5.20. The Morgan fingerprint density at radius 2 is 2.16 bits per heavy atom. The second kappa shape index (κ2) is 8.79. The van der Waals surface area contributed by atoms with Crippen LogP contribution >= 0.6 is 11.6 Å². The van der Waals surface area contributed by atoms with Crippen molar-refractivity contribution in [3.8, 4) is 11.8 Å². The topological polar surface area (TPSA) is 140 Å². The molecule has 9 nitrogen and oxygen atoms in total. The third-order valence-electron chi connectivity index (χ3n) is 2.84. The van der Waals surface area contributed by atoms with Crippen LogP contribution in [0, 0.1) is 11.3 Å². The van der Waals surface area contributed by atoms with Gasteiger partial charge in [-0.05, 0) is 18.2 Å². The number of amides is 2. The largest absolute Gasteiger partial charge is 0.489 e. The summed E-state index contributed by atoms with van der Waals surface area (Å²) in [6.07, 6.45) is 1.41. The standard InChI is InChI=1S/C15H14ClN5O4/c16-9-1-2-13(25-8-11(23)7-22)12(3-9)20-15(24)21-14-6-18-10(4-17)5-19-14/h1-3,5-6,11,22-23H,7-8H2,(H2,19,20,21,24)/t11-/m0/s1. The third kappa shape index (κ3) is 5.58. The van der Waals surface area contributed by atoms with Gasteiger partial charge in [0.25, 0.3) is 0 Å². The van der Waals surface area contributed by atoms with Gasteiger partial charge in [0.15, 0.2) is 11.5 Å². The number of carbonyl (C=O) groups excluding carboxylic acids is 1. The minimum Gasteiger partial charge on any atom is -0.489 e. The number of aromatic nitrogens is 2. The number of hydrogen-bond donors (Lipinski definition) is 4. The van der Waals surface area contributed by atoms with Gasteiger partial charge in [-0.1, -0.05) is 11.6 Å². The van der Waals surface area contributed by atoms with Crippen LogP contribution in [0.1, 0.15) is 5.69 Å². The number of benzene rings is 1. The van der Waals surface area contributed by atoms with Crippen molar-refractivity contribution in [2.75, 3.05) is 23.8 Å². The molecule has 2 rings (SSSR count). The number of ether oxygens (including phenoxy) is 1. The van der Waals surface area contributed by atoms with Gasteiger partial charge in [-0.3, -0.25) is 5.32 Å². The highest BCUT2D eigenvalue weighted by molar-refractivity contribution is 6.31. The highest BCUT2D eigenvalue weighted by Gasteiger charge is 2.12. The lowest BCUT2D eigenvalue weighted by Gasteiger charge is -2.15. The summed E-state index contributed by atoms with van der Waals surface area (Å²) in [5.74, 6) is 0.412. The number of aliphatic hydroxyl groups excluding tert-OH is 2.